The maximum Gasteiger partial charge on any atom is 0.215 e. The Morgan fingerprint density at radius 1 is 1.53 bits per heavy atom. The quantitative estimate of drug-likeness (QED) is 0.516. The van der Waals surface area contributed by atoms with Crippen molar-refractivity contribution < 1.29 is 32.4 Å². The van der Waals surface area contributed by atoms with Crippen LogP contribution in [0.15, 0.2) is 18.2 Å². The molecule has 1 aromatic carbocycles. The van der Waals surface area contributed by atoms with Crippen LogP contribution in [0.2, 0.25) is 0 Å². The molecule has 1 aromatic rings. The van der Waals surface area contributed by atoms with E-state index in [0.717, 1.165) is 0 Å². The summed E-state index contributed by atoms with van der Waals surface area (Å²) in [4.78, 5) is 0. The highest BCUT2D eigenvalue weighted by molar-refractivity contribution is 7.79. The van der Waals surface area contributed by atoms with Gasteiger partial charge in [-0.1, -0.05) is 0 Å². The third-order valence-corrected chi connectivity index (χ3v) is 1.24. The molecule has 0 atom stereocenters. The van der Waals surface area contributed by atoms with E-state index in [1.807, 2.05) is 0 Å². The second-order valence-electron chi connectivity index (χ2n) is 2.38. The minimum atomic E-state index is -4.92. The molecule has 15 heavy (non-hydrogen) atoms. The summed E-state index contributed by atoms with van der Waals surface area (Å²) in [5, 5.41) is 0. The lowest BCUT2D eigenvalue weighted by Gasteiger charge is -1.98. The highest BCUT2D eigenvalue weighted by Crippen LogP contribution is 2.18. The van der Waals surface area contributed by atoms with Crippen LogP contribution in [0.3, 0.4) is 0 Å². The first-order chi connectivity index (χ1) is 6.74. The number of methoxy groups -OCH3 is 1. The van der Waals surface area contributed by atoms with E-state index in [-0.39, 0.29) is 5.82 Å². The smallest absolute Gasteiger partial charge is 0.215 e. The normalized spacial score (nSPS) is 10.2. The van der Waals surface area contributed by atoms with Crippen molar-refractivity contribution in [1.29, 1.82) is 0 Å². The molecule has 0 spiro atoms. The first kappa shape index (κ1) is 13.8. The molecule has 8 heteroatoms. The van der Waals surface area contributed by atoms with Gasteiger partial charge in [0.05, 0.1) is 7.11 Å². The van der Waals surface area contributed by atoms with E-state index in [0.29, 0.717) is 11.4 Å². The van der Waals surface area contributed by atoms with E-state index >= 15 is 0 Å². The fourth-order valence-electron chi connectivity index (χ4n) is 0.747. The van der Waals surface area contributed by atoms with Gasteiger partial charge < -0.3 is 15.0 Å². The third-order valence-electron chi connectivity index (χ3n) is 1.24. The Morgan fingerprint density at radius 3 is 2.33 bits per heavy atom. The average molecular weight is 239 g/mol. The zero-order valence-electron chi connectivity index (χ0n) is 7.81. The van der Waals surface area contributed by atoms with Crippen molar-refractivity contribution in [2.24, 2.45) is 0 Å². The van der Waals surface area contributed by atoms with Gasteiger partial charge in [0.15, 0.2) is 11.4 Å². The van der Waals surface area contributed by atoms with Crippen molar-refractivity contribution in [2.45, 2.75) is 0 Å². The molecular formula is C7H10FNO5S. The van der Waals surface area contributed by atoms with Gasteiger partial charge in [0.1, 0.15) is 5.82 Å². The van der Waals surface area contributed by atoms with E-state index < -0.39 is 10.4 Å². The van der Waals surface area contributed by atoms with Gasteiger partial charge in [-0.3, -0.25) is 4.55 Å². The molecule has 0 bridgehead atoms. The maximum absolute atomic E-state index is 12.4. The second kappa shape index (κ2) is 5.61. The summed E-state index contributed by atoms with van der Waals surface area (Å²) in [6.07, 6.45) is 0. The minimum absolute atomic E-state index is 0.286. The Labute approximate surface area is 86.1 Å². The van der Waals surface area contributed by atoms with Gasteiger partial charge in [-0.15, -0.1) is 0 Å². The lowest BCUT2D eigenvalue weighted by Crippen LogP contribution is -2.40. The van der Waals surface area contributed by atoms with Crippen LogP contribution in [0.4, 0.5) is 10.1 Å². The Hall–Kier alpha value is -1.22. The number of benzene rings is 1. The van der Waals surface area contributed by atoms with Crippen LogP contribution in [0, 0.1) is 5.82 Å². The molecule has 0 aliphatic rings. The van der Waals surface area contributed by atoms with Crippen LogP contribution in [-0.4, -0.2) is 24.6 Å². The van der Waals surface area contributed by atoms with Crippen molar-refractivity contribution in [2.75, 3.05) is 7.11 Å². The molecule has 0 saturated heterocycles. The van der Waals surface area contributed by atoms with Crippen LogP contribution >= 0.6 is 0 Å². The van der Waals surface area contributed by atoms with Crippen molar-refractivity contribution in [3.63, 3.8) is 0 Å². The summed E-state index contributed by atoms with van der Waals surface area (Å²) in [6.45, 7) is 0. The van der Waals surface area contributed by atoms with E-state index in [9.17, 15) is 4.39 Å². The Bertz CT molecular complexity index is 411. The molecule has 0 fully saturated rings. The van der Waals surface area contributed by atoms with E-state index in [1.165, 1.54) is 19.2 Å². The summed E-state index contributed by atoms with van der Waals surface area (Å²) < 4.78 is 50.1. The molecule has 0 heterocycles. The Morgan fingerprint density at radius 2 is 2.00 bits per heavy atom. The predicted octanol–water partition coefficient (Wildman–Crippen LogP) is -0.288. The monoisotopic (exact) mass is 239 g/mol. The zero-order valence-corrected chi connectivity index (χ0v) is 8.62. The largest absolute Gasteiger partial charge is 0.726 e. The van der Waals surface area contributed by atoms with Gasteiger partial charge in [-0.05, 0) is 12.1 Å². The van der Waals surface area contributed by atoms with Crippen molar-refractivity contribution >= 4 is 16.1 Å². The number of rotatable bonds is 1. The third kappa shape index (κ3) is 7.82. The molecule has 6 nitrogen and oxygen atoms in total. The predicted molar refractivity (Wildman–Crippen MR) is 47.8 cm³/mol. The van der Waals surface area contributed by atoms with Gasteiger partial charge in [0.25, 0.3) is 0 Å². The summed E-state index contributed by atoms with van der Waals surface area (Å²) in [6, 6.07) is 4.23. The molecule has 1 rings (SSSR count). The van der Waals surface area contributed by atoms with Gasteiger partial charge >= 0.3 is 0 Å². The summed E-state index contributed by atoms with van der Waals surface area (Å²) in [5.41, 5.74) is 4.16. The maximum atomic E-state index is 12.4. The fourth-order valence-corrected chi connectivity index (χ4v) is 0.747. The molecule has 0 radical (unpaired) electrons. The van der Waals surface area contributed by atoms with Crippen molar-refractivity contribution in [3.8, 4) is 5.75 Å². The zero-order chi connectivity index (χ0) is 12.1. The number of ether oxygens (including phenoxy) is 1. The van der Waals surface area contributed by atoms with E-state index in [1.54, 1.807) is 6.07 Å². The lowest BCUT2D eigenvalue weighted by atomic mass is 10.3. The van der Waals surface area contributed by atoms with Gasteiger partial charge in [-0.2, -0.15) is 0 Å². The van der Waals surface area contributed by atoms with Gasteiger partial charge in [-0.25, -0.2) is 12.8 Å². The highest BCUT2D eigenvalue weighted by atomic mass is 32.3. The molecule has 86 valence electrons. The molecule has 0 aromatic heterocycles. The van der Waals surface area contributed by atoms with Crippen molar-refractivity contribution in [1.82, 2.24) is 0 Å². The second-order valence-corrected chi connectivity index (χ2v) is 3.24. The number of quaternary nitrogens is 1. The summed E-state index contributed by atoms with van der Waals surface area (Å²) >= 11 is 0. The molecule has 0 amide bonds. The van der Waals surface area contributed by atoms with Gasteiger partial charge in [0, 0.05) is 6.07 Å². The molecule has 0 aliphatic heterocycles. The first-order valence-electron chi connectivity index (χ1n) is 3.58. The van der Waals surface area contributed by atoms with Crippen LogP contribution in [0.1, 0.15) is 0 Å². The topological polar surface area (TPSA) is 114 Å². The Kier molecular flexibility index (Phi) is 5.15. The summed E-state index contributed by atoms with van der Waals surface area (Å²) in [7, 11) is -3.39. The van der Waals surface area contributed by atoms with Crippen LogP contribution < -0.4 is 10.5 Å². The number of halogens is 1. The lowest BCUT2D eigenvalue weighted by molar-refractivity contribution is -0.256. The standard InChI is InChI=1S/C7H8FNO.H2O4S/c1-10-7-3-2-5(8)4-6(7)9;1-5(2,3)4/h2-4H,9H2,1H3;(H2,1,2,3,4). The highest BCUT2D eigenvalue weighted by Gasteiger charge is 2.01. The van der Waals surface area contributed by atoms with Crippen molar-refractivity contribution in [3.05, 3.63) is 24.0 Å². The Balaban J connectivity index is 0.000000336. The molecule has 4 N–H and O–H groups in total. The molecule has 0 unspecified atom stereocenters. The first-order valence-corrected chi connectivity index (χ1v) is 4.94. The van der Waals surface area contributed by atoms with E-state index in [4.69, 9.17) is 22.3 Å². The van der Waals surface area contributed by atoms with E-state index in [2.05, 4.69) is 5.73 Å². The van der Waals surface area contributed by atoms with Crippen LogP contribution in [-0.2, 0) is 10.4 Å². The van der Waals surface area contributed by atoms with Gasteiger partial charge in [0.2, 0.25) is 10.4 Å². The molecule has 0 aliphatic carbocycles. The van der Waals surface area contributed by atoms with Crippen LogP contribution in [0.5, 0.6) is 5.75 Å². The fraction of sp³-hybridized carbons (Fsp3) is 0.143. The minimum Gasteiger partial charge on any atom is -0.726 e. The summed E-state index contributed by atoms with van der Waals surface area (Å²) in [5.74, 6) is 0.326. The SMILES string of the molecule is COc1ccc(F)cc1[NH3+].O=S(=O)([O-])O. The number of hydrogen-bond acceptors (Lipinski definition) is 4. The average Bonchev–Trinajstić information content (AvgIpc) is 2.01. The molecular weight excluding hydrogens is 229 g/mol. The van der Waals surface area contributed by atoms with Crippen LogP contribution in [0.25, 0.3) is 0 Å². The number of hydrogen-bond donors (Lipinski definition) is 2. The molecule has 0 saturated carbocycles.